The Bertz CT molecular complexity index is 571. The Hall–Kier alpha value is -2.29. The van der Waals surface area contributed by atoms with E-state index >= 15 is 0 Å². The highest BCUT2D eigenvalue weighted by molar-refractivity contribution is 5.95. The van der Waals surface area contributed by atoms with E-state index in [1.165, 1.54) is 0 Å². The van der Waals surface area contributed by atoms with Gasteiger partial charge >= 0.3 is 0 Å². The van der Waals surface area contributed by atoms with Gasteiger partial charge in [0.2, 0.25) is 0 Å². The number of anilines is 2. The van der Waals surface area contributed by atoms with E-state index in [0.717, 1.165) is 5.69 Å². The number of benzene rings is 1. The molecule has 88 valence electrons. The fraction of sp³-hybridized carbons (Fsp3) is 0.364. The van der Waals surface area contributed by atoms with Gasteiger partial charge in [0.05, 0.1) is 23.9 Å². The molecule has 0 saturated carbocycles. The van der Waals surface area contributed by atoms with Crippen LogP contribution in [-0.2, 0) is 0 Å². The van der Waals surface area contributed by atoms with Crippen LogP contribution in [0.4, 0.5) is 11.4 Å². The second-order valence-corrected chi connectivity index (χ2v) is 3.96. The topological polar surface area (TPSA) is 92.0 Å². The van der Waals surface area contributed by atoms with Crippen LogP contribution < -0.4 is 10.6 Å². The summed E-state index contributed by atoms with van der Waals surface area (Å²) in [6.07, 6.45) is 0.438. The predicted molar refractivity (Wildman–Crippen MR) is 64.3 cm³/mol. The van der Waals surface area contributed by atoms with Crippen LogP contribution in [0.5, 0.6) is 0 Å². The quantitative estimate of drug-likeness (QED) is 0.805. The molecule has 6 heteroatoms. The monoisotopic (exact) mass is 231 g/mol. The summed E-state index contributed by atoms with van der Waals surface area (Å²) in [4.78, 5) is 1.97. The highest BCUT2D eigenvalue weighted by Crippen LogP contribution is 2.28. The molecule has 0 aliphatic heterocycles. The zero-order valence-electron chi connectivity index (χ0n) is 9.71. The minimum absolute atomic E-state index is 0.0866. The second kappa shape index (κ2) is 4.29. The molecule has 6 nitrogen and oxygen atoms in total. The molecular formula is C11H13N5O. The first-order chi connectivity index (χ1) is 8.15. The molecule has 2 N–H and O–H groups in total. The number of rotatable bonds is 3. The average molecular weight is 231 g/mol. The molecule has 1 heterocycles. The molecular weight excluding hydrogens is 218 g/mol. The second-order valence-electron chi connectivity index (χ2n) is 3.96. The third kappa shape index (κ3) is 1.87. The van der Waals surface area contributed by atoms with E-state index in [-0.39, 0.29) is 6.04 Å². The van der Waals surface area contributed by atoms with Crippen LogP contribution in [0.2, 0.25) is 0 Å². The van der Waals surface area contributed by atoms with E-state index in [1.807, 2.05) is 24.9 Å². The van der Waals surface area contributed by atoms with Gasteiger partial charge < -0.3 is 10.6 Å². The number of hydrogen-bond acceptors (Lipinski definition) is 6. The molecule has 1 atom stereocenters. The van der Waals surface area contributed by atoms with E-state index in [1.54, 1.807) is 6.07 Å². The van der Waals surface area contributed by atoms with Gasteiger partial charge in [0.1, 0.15) is 0 Å². The van der Waals surface area contributed by atoms with E-state index in [4.69, 9.17) is 15.6 Å². The standard InChI is InChI=1S/C11H13N5O/c1-7(5-6-12)16(2)9-4-3-8(13)10-11(9)15-17-14-10/h3-4,7H,5,13H2,1-2H3. The van der Waals surface area contributed by atoms with Crippen molar-refractivity contribution < 1.29 is 4.63 Å². The van der Waals surface area contributed by atoms with Gasteiger partial charge in [0, 0.05) is 13.1 Å². The van der Waals surface area contributed by atoms with Gasteiger partial charge in [0.15, 0.2) is 11.0 Å². The smallest absolute Gasteiger partial charge is 0.160 e. The number of aromatic nitrogens is 2. The molecule has 0 spiro atoms. The van der Waals surface area contributed by atoms with Gasteiger partial charge in [0.25, 0.3) is 0 Å². The van der Waals surface area contributed by atoms with Crippen molar-refractivity contribution in [2.45, 2.75) is 19.4 Å². The fourth-order valence-corrected chi connectivity index (χ4v) is 1.66. The van der Waals surface area contributed by atoms with Crippen molar-refractivity contribution in [3.05, 3.63) is 12.1 Å². The normalized spacial score (nSPS) is 12.3. The molecule has 0 amide bonds. The van der Waals surface area contributed by atoms with Gasteiger partial charge in [-0.05, 0) is 29.4 Å². The Kier molecular flexibility index (Phi) is 2.83. The van der Waals surface area contributed by atoms with Crippen molar-refractivity contribution in [1.82, 2.24) is 10.3 Å². The van der Waals surface area contributed by atoms with E-state index < -0.39 is 0 Å². The summed E-state index contributed by atoms with van der Waals surface area (Å²) in [5.74, 6) is 0. The van der Waals surface area contributed by atoms with Gasteiger partial charge in [-0.25, -0.2) is 4.63 Å². The Labute approximate surface area is 98.6 Å². The summed E-state index contributed by atoms with van der Waals surface area (Å²) in [7, 11) is 1.90. The van der Waals surface area contributed by atoms with Crippen molar-refractivity contribution in [2.24, 2.45) is 0 Å². The molecule has 17 heavy (non-hydrogen) atoms. The largest absolute Gasteiger partial charge is 0.397 e. The summed E-state index contributed by atoms with van der Waals surface area (Å²) < 4.78 is 4.70. The zero-order valence-corrected chi connectivity index (χ0v) is 9.71. The number of nitriles is 1. The summed E-state index contributed by atoms with van der Waals surface area (Å²) in [5, 5.41) is 16.3. The van der Waals surface area contributed by atoms with Crippen molar-refractivity contribution in [3.8, 4) is 6.07 Å². The van der Waals surface area contributed by atoms with Crippen LogP contribution >= 0.6 is 0 Å². The van der Waals surface area contributed by atoms with Crippen LogP contribution in [-0.4, -0.2) is 23.4 Å². The van der Waals surface area contributed by atoms with Crippen molar-refractivity contribution in [2.75, 3.05) is 17.7 Å². The first kappa shape index (κ1) is 11.2. The molecule has 0 fully saturated rings. The Morgan fingerprint density at radius 2 is 2.18 bits per heavy atom. The van der Waals surface area contributed by atoms with Crippen molar-refractivity contribution in [1.29, 1.82) is 5.26 Å². The highest BCUT2D eigenvalue weighted by Gasteiger charge is 2.16. The molecule has 1 unspecified atom stereocenters. The molecule has 0 bridgehead atoms. The zero-order chi connectivity index (χ0) is 12.4. The van der Waals surface area contributed by atoms with E-state index in [9.17, 15) is 0 Å². The summed E-state index contributed by atoms with van der Waals surface area (Å²) in [6, 6.07) is 5.85. The molecule has 0 aliphatic rings. The molecule has 2 rings (SSSR count). The van der Waals surface area contributed by atoms with E-state index in [2.05, 4.69) is 16.4 Å². The molecule has 1 aromatic carbocycles. The Morgan fingerprint density at radius 3 is 2.88 bits per heavy atom. The van der Waals surface area contributed by atoms with Crippen LogP contribution in [0.15, 0.2) is 16.8 Å². The lowest BCUT2D eigenvalue weighted by atomic mass is 10.1. The lowest BCUT2D eigenvalue weighted by Crippen LogP contribution is -2.28. The van der Waals surface area contributed by atoms with Crippen LogP contribution in [0.25, 0.3) is 11.0 Å². The maximum Gasteiger partial charge on any atom is 0.160 e. The number of hydrogen-bond donors (Lipinski definition) is 1. The molecule has 2 aromatic rings. The van der Waals surface area contributed by atoms with Gasteiger partial charge in [-0.15, -0.1) is 0 Å². The lowest BCUT2D eigenvalue weighted by Gasteiger charge is -2.25. The fourth-order valence-electron chi connectivity index (χ4n) is 1.66. The Morgan fingerprint density at radius 1 is 1.47 bits per heavy atom. The first-order valence-corrected chi connectivity index (χ1v) is 5.25. The van der Waals surface area contributed by atoms with Gasteiger partial charge in [-0.3, -0.25) is 0 Å². The molecule has 0 aliphatic carbocycles. The summed E-state index contributed by atoms with van der Waals surface area (Å²) in [6.45, 7) is 1.97. The maximum atomic E-state index is 8.71. The summed E-state index contributed by atoms with van der Waals surface area (Å²) >= 11 is 0. The van der Waals surface area contributed by atoms with Crippen molar-refractivity contribution >= 4 is 22.4 Å². The van der Waals surface area contributed by atoms with Crippen LogP contribution in [0, 0.1) is 11.3 Å². The number of fused-ring (bicyclic) bond motifs is 1. The maximum absolute atomic E-state index is 8.71. The first-order valence-electron chi connectivity index (χ1n) is 5.25. The molecule has 1 aromatic heterocycles. The number of nitrogen functional groups attached to an aromatic ring is 1. The van der Waals surface area contributed by atoms with Gasteiger partial charge in [-0.2, -0.15) is 5.26 Å². The number of nitrogens with zero attached hydrogens (tertiary/aromatic N) is 4. The van der Waals surface area contributed by atoms with Gasteiger partial charge in [-0.1, -0.05) is 0 Å². The van der Waals surface area contributed by atoms with Crippen molar-refractivity contribution in [3.63, 3.8) is 0 Å². The molecule has 0 saturated heterocycles. The Balaban J connectivity index is 2.46. The highest BCUT2D eigenvalue weighted by atomic mass is 16.6. The minimum atomic E-state index is 0.0866. The minimum Gasteiger partial charge on any atom is -0.397 e. The lowest BCUT2D eigenvalue weighted by molar-refractivity contribution is 0.315. The SMILES string of the molecule is CC(CC#N)N(C)c1ccc(N)c2nonc12. The van der Waals surface area contributed by atoms with Crippen LogP contribution in [0.3, 0.4) is 0 Å². The van der Waals surface area contributed by atoms with E-state index in [0.29, 0.717) is 23.1 Å². The number of nitrogens with two attached hydrogens (primary N) is 1. The predicted octanol–water partition coefficient (Wildman–Crippen LogP) is 1.54. The van der Waals surface area contributed by atoms with Crippen LogP contribution in [0.1, 0.15) is 13.3 Å². The summed E-state index contributed by atoms with van der Waals surface area (Å²) in [5.41, 5.74) is 8.34. The third-order valence-corrected chi connectivity index (χ3v) is 2.85. The molecule has 0 radical (unpaired) electrons. The average Bonchev–Trinajstić information content (AvgIpc) is 2.79. The third-order valence-electron chi connectivity index (χ3n) is 2.85.